The van der Waals surface area contributed by atoms with Crippen molar-refractivity contribution >= 4 is 11.9 Å². The van der Waals surface area contributed by atoms with Crippen molar-refractivity contribution in [2.45, 2.75) is 37.8 Å². The minimum absolute atomic E-state index is 0.0355. The van der Waals surface area contributed by atoms with Crippen molar-refractivity contribution in [1.29, 1.82) is 0 Å². The lowest BCUT2D eigenvalue weighted by Crippen LogP contribution is -2.47. The molecule has 1 aliphatic rings. The number of aliphatic hydroxyl groups excluding tert-OH is 1. The van der Waals surface area contributed by atoms with Crippen LogP contribution in [0.5, 0.6) is 0 Å². The van der Waals surface area contributed by atoms with Crippen LogP contribution in [0.15, 0.2) is 0 Å². The van der Waals surface area contributed by atoms with Crippen LogP contribution >= 0.6 is 0 Å². The van der Waals surface area contributed by atoms with Crippen LogP contribution in [-0.4, -0.2) is 47.3 Å². The van der Waals surface area contributed by atoms with Gasteiger partial charge in [-0.2, -0.15) is 0 Å². The quantitative estimate of drug-likeness (QED) is 0.489. The standard InChI is InChI=1S/C10H18N2O4/c13-8(10(15)16)4-6-12-9(14)7-3-1-2-5-11-7/h7-8,11,13H,1-6H2,(H,12,14)(H,15,16). The number of carboxylic acids is 1. The minimum atomic E-state index is -1.40. The van der Waals surface area contributed by atoms with E-state index < -0.39 is 12.1 Å². The second-order valence-corrected chi connectivity index (χ2v) is 3.94. The first-order valence-corrected chi connectivity index (χ1v) is 5.53. The van der Waals surface area contributed by atoms with Gasteiger partial charge in [0.05, 0.1) is 6.04 Å². The number of carbonyl (C=O) groups is 2. The predicted molar refractivity (Wildman–Crippen MR) is 56.9 cm³/mol. The number of carboxylic acid groups (broad SMARTS) is 1. The molecule has 4 N–H and O–H groups in total. The number of hydrogen-bond donors (Lipinski definition) is 4. The van der Waals surface area contributed by atoms with Gasteiger partial charge in [-0.25, -0.2) is 4.79 Å². The third-order valence-electron chi connectivity index (χ3n) is 2.63. The lowest BCUT2D eigenvalue weighted by atomic mass is 10.0. The van der Waals surface area contributed by atoms with Crippen molar-refractivity contribution in [2.75, 3.05) is 13.1 Å². The predicted octanol–water partition coefficient (Wildman–Crippen LogP) is -0.920. The van der Waals surface area contributed by atoms with Crippen molar-refractivity contribution in [1.82, 2.24) is 10.6 Å². The Morgan fingerprint density at radius 3 is 2.75 bits per heavy atom. The molecule has 6 heteroatoms. The van der Waals surface area contributed by atoms with Crippen molar-refractivity contribution < 1.29 is 19.8 Å². The fourth-order valence-electron chi connectivity index (χ4n) is 1.65. The first kappa shape index (κ1) is 12.9. The highest BCUT2D eigenvalue weighted by atomic mass is 16.4. The summed E-state index contributed by atoms with van der Waals surface area (Å²) in [7, 11) is 0. The molecule has 0 bridgehead atoms. The highest BCUT2D eigenvalue weighted by Crippen LogP contribution is 2.06. The molecule has 1 amide bonds. The van der Waals surface area contributed by atoms with Gasteiger partial charge in [0, 0.05) is 13.0 Å². The van der Waals surface area contributed by atoms with Crippen molar-refractivity contribution in [3.63, 3.8) is 0 Å². The SMILES string of the molecule is O=C(O)C(O)CCNC(=O)C1CCCCN1. The molecule has 0 aromatic carbocycles. The van der Waals surface area contributed by atoms with Crippen LogP contribution in [0.25, 0.3) is 0 Å². The Hall–Kier alpha value is -1.14. The molecular formula is C10H18N2O4. The summed E-state index contributed by atoms with van der Waals surface area (Å²) < 4.78 is 0. The Bertz CT molecular complexity index is 251. The Balaban J connectivity index is 2.16. The topological polar surface area (TPSA) is 98.7 Å². The number of carbonyl (C=O) groups excluding carboxylic acids is 1. The molecule has 0 spiro atoms. The number of amides is 1. The molecule has 0 radical (unpaired) electrons. The van der Waals surface area contributed by atoms with Crippen LogP contribution in [0.1, 0.15) is 25.7 Å². The molecule has 16 heavy (non-hydrogen) atoms. The highest BCUT2D eigenvalue weighted by Gasteiger charge is 2.20. The summed E-state index contributed by atoms with van der Waals surface area (Å²) >= 11 is 0. The number of aliphatic carboxylic acids is 1. The van der Waals surface area contributed by atoms with Gasteiger partial charge in [-0.15, -0.1) is 0 Å². The van der Waals surface area contributed by atoms with Crippen LogP contribution in [-0.2, 0) is 9.59 Å². The second kappa shape index (κ2) is 6.44. The van der Waals surface area contributed by atoms with Gasteiger partial charge >= 0.3 is 5.97 Å². The molecule has 2 atom stereocenters. The smallest absolute Gasteiger partial charge is 0.332 e. The number of nitrogens with one attached hydrogen (secondary N) is 2. The Morgan fingerprint density at radius 1 is 1.44 bits per heavy atom. The van der Waals surface area contributed by atoms with E-state index in [1.165, 1.54) is 0 Å². The number of piperidine rings is 1. The fourth-order valence-corrected chi connectivity index (χ4v) is 1.65. The fraction of sp³-hybridized carbons (Fsp3) is 0.800. The summed E-state index contributed by atoms with van der Waals surface area (Å²) in [5, 5.41) is 23.1. The van der Waals surface area contributed by atoms with Crippen LogP contribution in [0, 0.1) is 0 Å². The Kier molecular flexibility index (Phi) is 5.21. The van der Waals surface area contributed by atoms with Gasteiger partial charge in [0.2, 0.25) is 5.91 Å². The lowest BCUT2D eigenvalue weighted by molar-refractivity contribution is -0.147. The van der Waals surface area contributed by atoms with E-state index in [9.17, 15) is 9.59 Å². The number of rotatable bonds is 5. The van der Waals surface area contributed by atoms with Gasteiger partial charge in [-0.1, -0.05) is 6.42 Å². The van der Waals surface area contributed by atoms with Gasteiger partial charge in [-0.3, -0.25) is 4.79 Å². The van der Waals surface area contributed by atoms with Crippen molar-refractivity contribution in [2.24, 2.45) is 0 Å². The largest absolute Gasteiger partial charge is 0.479 e. The normalized spacial score (nSPS) is 22.4. The monoisotopic (exact) mass is 230 g/mol. The number of aliphatic hydroxyl groups is 1. The zero-order valence-corrected chi connectivity index (χ0v) is 9.11. The van der Waals surface area contributed by atoms with E-state index in [1.807, 2.05) is 0 Å². The van der Waals surface area contributed by atoms with E-state index in [1.54, 1.807) is 0 Å². The summed E-state index contributed by atoms with van der Waals surface area (Å²) in [5.41, 5.74) is 0. The van der Waals surface area contributed by atoms with Gasteiger partial charge < -0.3 is 20.8 Å². The zero-order chi connectivity index (χ0) is 12.0. The van der Waals surface area contributed by atoms with Crippen molar-refractivity contribution in [3.05, 3.63) is 0 Å². The van der Waals surface area contributed by atoms with Gasteiger partial charge in [0.1, 0.15) is 0 Å². The van der Waals surface area contributed by atoms with E-state index in [-0.39, 0.29) is 24.9 Å². The lowest BCUT2D eigenvalue weighted by Gasteiger charge is -2.22. The third-order valence-corrected chi connectivity index (χ3v) is 2.63. The van der Waals surface area contributed by atoms with Gasteiger partial charge in [0.25, 0.3) is 0 Å². The van der Waals surface area contributed by atoms with E-state index in [4.69, 9.17) is 10.2 Å². The molecule has 1 fully saturated rings. The Labute approximate surface area is 94.0 Å². The molecule has 1 rings (SSSR count). The zero-order valence-electron chi connectivity index (χ0n) is 9.11. The maximum atomic E-state index is 11.5. The van der Waals surface area contributed by atoms with Crippen molar-refractivity contribution in [3.8, 4) is 0 Å². The maximum absolute atomic E-state index is 11.5. The highest BCUT2D eigenvalue weighted by molar-refractivity contribution is 5.81. The average molecular weight is 230 g/mol. The number of hydrogen-bond acceptors (Lipinski definition) is 4. The summed E-state index contributed by atoms with van der Waals surface area (Å²) in [6.07, 6.45) is 1.56. The molecule has 0 aromatic rings. The van der Waals surface area contributed by atoms with Crippen LogP contribution in [0.2, 0.25) is 0 Å². The van der Waals surface area contributed by atoms with Crippen LogP contribution in [0.3, 0.4) is 0 Å². The maximum Gasteiger partial charge on any atom is 0.332 e. The molecule has 0 aromatic heterocycles. The van der Waals surface area contributed by atoms with E-state index in [2.05, 4.69) is 10.6 Å². The van der Waals surface area contributed by atoms with Gasteiger partial charge in [-0.05, 0) is 19.4 Å². The van der Waals surface area contributed by atoms with E-state index >= 15 is 0 Å². The molecule has 1 saturated heterocycles. The summed E-state index contributed by atoms with van der Waals surface area (Å²) in [4.78, 5) is 21.8. The molecule has 92 valence electrons. The van der Waals surface area contributed by atoms with Crippen LogP contribution in [0.4, 0.5) is 0 Å². The molecular weight excluding hydrogens is 212 g/mol. The summed E-state index contributed by atoms with van der Waals surface area (Å²) in [6.45, 7) is 1.03. The Morgan fingerprint density at radius 2 is 2.19 bits per heavy atom. The van der Waals surface area contributed by atoms with E-state index in [0.717, 1.165) is 25.8 Å². The molecule has 0 aliphatic carbocycles. The summed E-state index contributed by atoms with van der Waals surface area (Å²) in [5.74, 6) is -1.37. The molecule has 1 heterocycles. The van der Waals surface area contributed by atoms with E-state index in [0.29, 0.717) is 0 Å². The summed E-state index contributed by atoms with van der Waals surface area (Å²) in [6, 6.07) is -0.171. The second-order valence-electron chi connectivity index (χ2n) is 3.94. The average Bonchev–Trinajstić information content (AvgIpc) is 2.29. The molecule has 1 aliphatic heterocycles. The van der Waals surface area contributed by atoms with Crippen LogP contribution < -0.4 is 10.6 Å². The first-order valence-electron chi connectivity index (χ1n) is 5.53. The third kappa shape index (κ3) is 4.16. The molecule has 0 saturated carbocycles. The first-order chi connectivity index (χ1) is 7.61. The minimum Gasteiger partial charge on any atom is -0.479 e. The van der Waals surface area contributed by atoms with Gasteiger partial charge in [0.15, 0.2) is 6.10 Å². The molecule has 2 unspecified atom stereocenters. The molecule has 6 nitrogen and oxygen atoms in total.